The van der Waals surface area contributed by atoms with E-state index >= 15 is 0 Å². The molecule has 1 N–H and O–H groups in total. The molecule has 0 fully saturated rings. The van der Waals surface area contributed by atoms with Crippen LogP contribution in [0.4, 0.5) is 16.2 Å². The van der Waals surface area contributed by atoms with Gasteiger partial charge in [-0.3, -0.25) is 0 Å². The van der Waals surface area contributed by atoms with Gasteiger partial charge in [-0.15, -0.1) is 5.10 Å². The van der Waals surface area contributed by atoms with Gasteiger partial charge in [-0.25, -0.2) is 14.6 Å². The highest BCUT2D eigenvalue weighted by atomic mass is 19.1. The molecule has 0 radical (unpaired) electrons. The van der Waals surface area contributed by atoms with Crippen LogP contribution in [-0.2, 0) is 0 Å². The lowest BCUT2D eigenvalue weighted by Gasteiger charge is -2.04. The second-order valence-corrected chi connectivity index (χ2v) is 4.65. The predicted molar refractivity (Wildman–Crippen MR) is 76.1 cm³/mol. The first-order chi connectivity index (χ1) is 10.1. The highest BCUT2D eigenvalue weighted by Crippen LogP contribution is 2.14. The third-order valence-electron chi connectivity index (χ3n) is 2.80. The largest absolute Gasteiger partial charge is 0.307 e. The standard InChI is InChI=1S/C14H13FN6/c1-9-5-10(2)18-13(6-9)19-14-17-8-21(20-14)11-3-4-16-12(15)7-11/h3-8H,1-2H3,(H,18,19,20). The molecule has 6 nitrogen and oxygen atoms in total. The summed E-state index contributed by atoms with van der Waals surface area (Å²) in [5.41, 5.74) is 2.56. The van der Waals surface area contributed by atoms with Crippen LogP contribution < -0.4 is 5.32 Å². The van der Waals surface area contributed by atoms with Crippen LogP contribution in [0.3, 0.4) is 0 Å². The summed E-state index contributed by atoms with van der Waals surface area (Å²) >= 11 is 0. The van der Waals surface area contributed by atoms with Crippen molar-refractivity contribution in [3.05, 3.63) is 54.0 Å². The fourth-order valence-electron chi connectivity index (χ4n) is 2.00. The number of pyridine rings is 2. The Morgan fingerprint density at radius 3 is 2.76 bits per heavy atom. The van der Waals surface area contributed by atoms with E-state index in [1.54, 1.807) is 6.07 Å². The zero-order valence-electron chi connectivity index (χ0n) is 11.6. The molecule has 0 aromatic carbocycles. The van der Waals surface area contributed by atoms with Gasteiger partial charge in [-0.2, -0.15) is 9.37 Å². The van der Waals surface area contributed by atoms with Gasteiger partial charge < -0.3 is 5.32 Å². The molecule has 0 spiro atoms. The molecule has 7 heteroatoms. The number of aromatic nitrogens is 5. The van der Waals surface area contributed by atoms with Crippen molar-refractivity contribution in [2.45, 2.75) is 13.8 Å². The Kier molecular flexibility index (Phi) is 3.31. The van der Waals surface area contributed by atoms with Crippen LogP contribution in [0.2, 0.25) is 0 Å². The van der Waals surface area contributed by atoms with E-state index in [2.05, 4.69) is 25.4 Å². The molecule has 0 unspecified atom stereocenters. The molecule has 21 heavy (non-hydrogen) atoms. The van der Waals surface area contributed by atoms with E-state index in [-0.39, 0.29) is 0 Å². The quantitative estimate of drug-likeness (QED) is 0.749. The minimum atomic E-state index is -0.562. The number of hydrogen-bond donors (Lipinski definition) is 1. The van der Waals surface area contributed by atoms with Crippen LogP contribution in [0, 0.1) is 19.8 Å². The summed E-state index contributed by atoms with van der Waals surface area (Å²) in [4.78, 5) is 12.0. The Morgan fingerprint density at radius 1 is 1.14 bits per heavy atom. The lowest BCUT2D eigenvalue weighted by atomic mass is 10.2. The van der Waals surface area contributed by atoms with Crippen molar-refractivity contribution < 1.29 is 4.39 Å². The van der Waals surface area contributed by atoms with Crippen molar-refractivity contribution in [3.8, 4) is 5.69 Å². The van der Waals surface area contributed by atoms with E-state index in [1.807, 2.05) is 26.0 Å². The summed E-state index contributed by atoms with van der Waals surface area (Å²) in [6.07, 6.45) is 2.88. The monoisotopic (exact) mass is 284 g/mol. The zero-order chi connectivity index (χ0) is 14.8. The average Bonchev–Trinajstić information content (AvgIpc) is 2.86. The predicted octanol–water partition coefficient (Wildman–Crippen LogP) is 2.56. The Bertz CT molecular complexity index is 762. The highest BCUT2D eigenvalue weighted by molar-refractivity contribution is 5.49. The van der Waals surface area contributed by atoms with Gasteiger partial charge in [-0.1, -0.05) is 0 Å². The van der Waals surface area contributed by atoms with Crippen molar-refractivity contribution in [2.24, 2.45) is 0 Å². The Hall–Kier alpha value is -2.83. The van der Waals surface area contributed by atoms with E-state index in [4.69, 9.17) is 0 Å². The van der Waals surface area contributed by atoms with Crippen molar-refractivity contribution in [3.63, 3.8) is 0 Å². The first-order valence-corrected chi connectivity index (χ1v) is 6.36. The summed E-state index contributed by atoms with van der Waals surface area (Å²) in [7, 11) is 0. The second-order valence-electron chi connectivity index (χ2n) is 4.65. The van der Waals surface area contributed by atoms with Crippen molar-refractivity contribution >= 4 is 11.8 Å². The number of aryl methyl sites for hydroxylation is 2. The smallest absolute Gasteiger partial charge is 0.248 e. The van der Waals surface area contributed by atoms with Crippen LogP contribution >= 0.6 is 0 Å². The molecule has 0 saturated heterocycles. The second kappa shape index (κ2) is 5.28. The number of anilines is 2. The Balaban J connectivity index is 1.85. The fourth-order valence-corrected chi connectivity index (χ4v) is 2.00. The minimum absolute atomic E-state index is 0.393. The normalized spacial score (nSPS) is 10.6. The van der Waals surface area contributed by atoms with Crippen molar-refractivity contribution in [2.75, 3.05) is 5.32 Å². The number of nitrogens with one attached hydrogen (secondary N) is 1. The van der Waals surface area contributed by atoms with Gasteiger partial charge in [-0.05, 0) is 37.6 Å². The third-order valence-corrected chi connectivity index (χ3v) is 2.80. The summed E-state index contributed by atoms with van der Waals surface area (Å²) in [5, 5.41) is 7.26. The van der Waals surface area contributed by atoms with Crippen LogP contribution in [0.1, 0.15) is 11.3 Å². The molecule has 0 bridgehead atoms. The number of rotatable bonds is 3. The first-order valence-electron chi connectivity index (χ1n) is 6.36. The molecule has 0 aliphatic heterocycles. The molecule has 0 atom stereocenters. The van der Waals surface area contributed by atoms with Crippen LogP contribution in [0.5, 0.6) is 0 Å². The number of hydrogen-bond acceptors (Lipinski definition) is 5. The fraction of sp³-hybridized carbons (Fsp3) is 0.143. The number of nitrogens with zero attached hydrogens (tertiary/aromatic N) is 5. The maximum absolute atomic E-state index is 13.1. The van der Waals surface area contributed by atoms with Crippen molar-refractivity contribution in [1.82, 2.24) is 24.7 Å². The van der Waals surface area contributed by atoms with E-state index in [9.17, 15) is 4.39 Å². The SMILES string of the molecule is Cc1cc(C)nc(Nc2ncn(-c3ccnc(F)c3)n2)c1. The van der Waals surface area contributed by atoms with Crippen LogP contribution in [-0.4, -0.2) is 24.7 Å². The molecule has 0 amide bonds. The molecular formula is C14H13FN6. The summed E-state index contributed by atoms with van der Waals surface area (Å²) in [6.45, 7) is 3.91. The molecule has 0 aliphatic rings. The van der Waals surface area contributed by atoms with Gasteiger partial charge in [0.25, 0.3) is 0 Å². The summed E-state index contributed by atoms with van der Waals surface area (Å²) in [5.74, 6) is 0.504. The molecule has 106 valence electrons. The van der Waals surface area contributed by atoms with E-state index in [0.29, 0.717) is 17.5 Å². The zero-order valence-corrected chi connectivity index (χ0v) is 11.6. The van der Waals surface area contributed by atoms with Gasteiger partial charge in [0.1, 0.15) is 12.1 Å². The number of halogens is 1. The molecule has 0 saturated carbocycles. The maximum atomic E-state index is 13.1. The van der Waals surface area contributed by atoms with Gasteiger partial charge in [0.15, 0.2) is 0 Å². The molecule has 3 rings (SSSR count). The van der Waals surface area contributed by atoms with Crippen LogP contribution in [0.25, 0.3) is 5.69 Å². The summed E-state index contributed by atoms with van der Waals surface area (Å²) < 4.78 is 14.6. The Morgan fingerprint density at radius 2 is 2.00 bits per heavy atom. The van der Waals surface area contributed by atoms with Gasteiger partial charge >= 0.3 is 0 Å². The minimum Gasteiger partial charge on any atom is -0.307 e. The van der Waals surface area contributed by atoms with Crippen molar-refractivity contribution in [1.29, 1.82) is 0 Å². The highest BCUT2D eigenvalue weighted by Gasteiger charge is 2.05. The summed E-state index contributed by atoms with van der Waals surface area (Å²) in [6, 6.07) is 6.82. The maximum Gasteiger partial charge on any atom is 0.248 e. The van der Waals surface area contributed by atoms with E-state index in [1.165, 1.54) is 23.3 Å². The lowest BCUT2D eigenvalue weighted by molar-refractivity contribution is 0.581. The molecule has 3 aromatic rings. The van der Waals surface area contributed by atoms with Gasteiger partial charge in [0, 0.05) is 18.0 Å². The lowest BCUT2D eigenvalue weighted by Crippen LogP contribution is -2.00. The first kappa shape index (κ1) is 13.2. The topological polar surface area (TPSA) is 68.5 Å². The van der Waals surface area contributed by atoms with Crippen LogP contribution in [0.15, 0.2) is 36.8 Å². The molecular weight excluding hydrogens is 271 g/mol. The van der Waals surface area contributed by atoms with E-state index < -0.39 is 5.95 Å². The Labute approximate surface area is 120 Å². The molecule has 0 aliphatic carbocycles. The molecule has 3 heterocycles. The average molecular weight is 284 g/mol. The molecule has 3 aromatic heterocycles. The third kappa shape index (κ3) is 3.02. The van der Waals surface area contributed by atoms with E-state index in [0.717, 1.165) is 11.3 Å². The van der Waals surface area contributed by atoms with Gasteiger partial charge in [0.05, 0.1) is 5.69 Å². The van der Waals surface area contributed by atoms with Gasteiger partial charge in [0.2, 0.25) is 11.9 Å².